The van der Waals surface area contributed by atoms with Crippen LogP contribution >= 0.6 is 0 Å². The summed E-state index contributed by atoms with van der Waals surface area (Å²) in [7, 11) is 4.90. The Hall–Kier alpha value is -3.26. The summed E-state index contributed by atoms with van der Waals surface area (Å²) in [6.07, 6.45) is 3.98. The summed E-state index contributed by atoms with van der Waals surface area (Å²) >= 11 is 0. The molecule has 0 bridgehead atoms. The van der Waals surface area contributed by atoms with E-state index in [0.717, 1.165) is 35.4 Å². The topological polar surface area (TPSA) is 79.2 Å². The zero-order valence-corrected chi connectivity index (χ0v) is 20.6. The molecule has 2 N–H and O–H groups in total. The number of fused-ring (bicyclic) bond motifs is 1. The van der Waals surface area contributed by atoms with Crippen molar-refractivity contribution in [3.63, 3.8) is 0 Å². The van der Waals surface area contributed by atoms with Crippen LogP contribution in [-0.4, -0.2) is 64.1 Å². The average Bonchev–Trinajstić information content (AvgIpc) is 2.88. The quantitative estimate of drug-likeness (QED) is 0.474. The molecule has 1 aliphatic rings. The lowest BCUT2D eigenvalue weighted by molar-refractivity contribution is -0.903. The number of hydrogen-bond donors (Lipinski definition) is 2. The molecule has 34 heavy (non-hydrogen) atoms. The molecule has 0 atom stereocenters. The van der Waals surface area contributed by atoms with Gasteiger partial charge in [-0.05, 0) is 50.5 Å². The van der Waals surface area contributed by atoms with Crippen LogP contribution in [0.25, 0.3) is 22.3 Å². The molecule has 0 unspecified atom stereocenters. The third-order valence-electron chi connectivity index (χ3n) is 6.25. The number of nitrogens with one attached hydrogen (secondary N) is 2. The number of methoxy groups -OCH3 is 3. The van der Waals surface area contributed by atoms with Gasteiger partial charge in [0, 0.05) is 17.0 Å². The van der Waals surface area contributed by atoms with Crippen LogP contribution in [0.3, 0.4) is 0 Å². The Kier molecular flexibility index (Phi) is 7.90. The number of aromatic nitrogens is 2. The fourth-order valence-electron chi connectivity index (χ4n) is 4.46. The van der Waals surface area contributed by atoms with E-state index >= 15 is 0 Å². The fourth-order valence-corrected chi connectivity index (χ4v) is 4.46. The molecule has 0 spiro atoms. The van der Waals surface area contributed by atoms with Crippen molar-refractivity contribution in [2.75, 3.05) is 59.4 Å². The zero-order valence-electron chi connectivity index (χ0n) is 20.6. The van der Waals surface area contributed by atoms with Gasteiger partial charge in [0.2, 0.25) is 0 Å². The van der Waals surface area contributed by atoms with Gasteiger partial charge in [-0.2, -0.15) is 0 Å². The van der Waals surface area contributed by atoms with Crippen molar-refractivity contribution in [3.05, 3.63) is 30.3 Å². The van der Waals surface area contributed by atoms with Crippen LogP contribution in [0.2, 0.25) is 0 Å². The molecule has 3 aromatic rings. The van der Waals surface area contributed by atoms with Crippen molar-refractivity contribution >= 4 is 16.7 Å². The van der Waals surface area contributed by atoms with Crippen molar-refractivity contribution < 1.29 is 23.8 Å². The molecule has 4 rings (SSSR count). The summed E-state index contributed by atoms with van der Waals surface area (Å²) in [6.45, 7) is 6.88. The second-order valence-electron chi connectivity index (χ2n) is 8.41. The maximum atomic E-state index is 5.80. The molecule has 1 aliphatic heterocycles. The highest BCUT2D eigenvalue weighted by Crippen LogP contribution is 2.37. The number of anilines is 1. The molecule has 0 radical (unpaired) electrons. The first-order chi connectivity index (χ1) is 16.7. The molecule has 2 heterocycles. The van der Waals surface area contributed by atoms with E-state index in [1.54, 1.807) is 26.2 Å². The molecule has 1 aromatic heterocycles. The fraction of sp³-hybridized carbons (Fsp3) is 0.462. The van der Waals surface area contributed by atoms with Crippen LogP contribution in [0.5, 0.6) is 23.0 Å². The van der Waals surface area contributed by atoms with Crippen LogP contribution in [0.4, 0.5) is 5.82 Å². The van der Waals surface area contributed by atoms with E-state index in [1.807, 2.05) is 37.3 Å². The Bertz CT molecular complexity index is 1120. The molecule has 1 saturated heterocycles. The van der Waals surface area contributed by atoms with Crippen LogP contribution in [0.1, 0.15) is 26.2 Å². The third kappa shape index (κ3) is 5.28. The number of hydrogen-bond acceptors (Lipinski definition) is 7. The minimum atomic E-state index is 0.541. The predicted molar refractivity (Wildman–Crippen MR) is 134 cm³/mol. The second-order valence-corrected chi connectivity index (χ2v) is 8.41. The summed E-state index contributed by atoms with van der Waals surface area (Å²) in [5.74, 6) is 4.02. The first-order valence-corrected chi connectivity index (χ1v) is 12.0. The molecule has 0 amide bonds. The Morgan fingerprint density at radius 1 is 0.853 bits per heavy atom. The van der Waals surface area contributed by atoms with Gasteiger partial charge >= 0.3 is 0 Å². The Labute approximate surface area is 201 Å². The van der Waals surface area contributed by atoms with Gasteiger partial charge in [0.25, 0.3) is 0 Å². The van der Waals surface area contributed by atoms with Crippen LogP contribution in [0, 0.1) is 0 Å². The first-order valence-electron chi connectivity index (χ1n) is 12.0. The summed E-state index contributed by atoms with van der Waals surface area (Å²) in [4.78, 5) is 11.4. The Morgan fingerprint density at radius 2 is 1.59 bits per heavy atom. The smallest absolute Gasteiger partial charge is 0.163 e. The van der Waals surface area contributed by atoms with Crippen LogP contribution < -0.4 is 29.2 Å². The number of likely N-dealkylation sites (tertiary alicyclic amines) is 1. The van der Waals surface area contributed by atoms with E-state index in [2.05, 4.69) is 5.32 Å². The van der Waals surface area contributed by atoms with Gasteiger partial charge in [-0.1, -0.05) is 0 Å². The highest BCUT2D eigenvalue weighted by molar-refractivity contribution is 5.93. The van der Waals surface area contributed by atoms with Crippen molar-refractivity contribution in [2.45, 2.75) is 26.2 Å². The largest absolute Gasteiger partial charge is 0.493 e. The molecule has 8 heteroatoms. The lowest BCUT2D eigenvalue weighted by atomic mass is 10.1. The molecule has 182 valence electrons. The summed E-state index contributed by atoms with van der Waals surface area (Å²) < 4.78 is 22.3. The third-order valence-corrected chi connectivity index (χ3v) is 6.25. The SMILES string of the molecule is CCOc1cc2nc(-c3ccc(OC)c(OC)c3)nc(NCC[NH+]3CCCCC3)c2cc1OC. The van der Waals surface area contributed by atoms with E-state index < -0.39 is 0 Å². The second kappa shape index (κ2) is 11.2. The summed E-state index contributed by atoms with van der Waals surface area (Å²) in [6, 6.07) is 9.58. The summed E-state index contributed by atoms with van der Waals surface area (Å²) in [5.41, 5.74) is 1.63. The van der Waals surface area contributed by atoms with Gasteiger partial charge < -0.3 is 29.2 Å². The predicted octanol–water partition coefficient (Wildman–Crippen LogP) is 3.20. The number of quaternary nitrogens is 1. The zero-order chi connectivity index (χ0) is 23.9. The Balaban J connectivity index is 1.73. The molecule has 2 aromatic carbocycles. The molecule has 1 fully saturated rings. The average molecular weight is 468 g/mol. The van der Waals surface area contributed by atoms with E-state index in [9.17, 15) is 0 Å². The van der Waals surface area contributed by atoms with Gasteiger partial charge in [0.1, 0.15) is 5.82 Å². The van der Waals surface area contributed by atoms with Gasteiger partial charge in [0.05, 0.1) is 59.6 Å². The monoisotopic (exact) mass is 467 g/mol. The number of benzene rings is 2. The van der Waals surface area contributed by atoms with E-state index in [-0.39, 0.29) is 0 Å². The standard InChI is InChI=1S/C26H34N4O4/c1-5-34-24-17-20-19(16-23(24)33-4)26(27-11-14-30-12-7-6-8-13-30)29-25(28-20)18-9-10-21(31-2)22(15-18)32-3/h9-10,15-17H,5-8,11-14H2,1-4H3,(H,27,28,29)/p+1. The van der Waals surface area contributed by atoms with Gasteiger partial charge in [0.15, 0.2) is 28.8 Å². The number of ether oxygens (including phenoxy) is 4. The van der Waals surface area contributed by atoms with Gasteiger partial charge in [-0.3, -0.25) is 0 Å². The lowest BCUT2D eigenvalue weighted by Gasteiger charge is -2.23. The minimum absolute atomic E-state index is 0.541. The maximum absolute atomic E-state index is 5.80. The molecular formula is C26H35N4O4+. The molecule has 0 aliphatic carbocycles. The number of piperidine rings is 1. The lowest BCUT2D eigenvalue weighted by Crippen LogP contribution is -3.13. The van der Waals surface area contributed by atoms with Crippen molar-refractivity contribution in [3.8, 4) is 34.4 Å². The molecule has 8 nitrogen and oxygen atoms in total. The molecular weight excluding hydrogens is 432 g/mol. The maximum Gasteiger partial charge on any atom is 0.163 e. The van der Waals surface area contributed by atoms with Gasteiger partial charge in [-0.15, -0.1) is 0 Å². The highest BCUT2D eigenvalue weighted by Gasteiger charge is 2.17. The number of rotatable bonds is 10. The normalized spacial score (nSPS) is 14.1. The van der Waals surface area contributed by atoms with E-state index in [4.69, 9.17) is 28.9 Å². The van der Waals surface area contributed by atoms with E-state index in [0.29, 0.717) is 35.4 Å². The first kappa shape index (κ1) is 23.9. The number of nitrogens with zero attached hydrogens (tertiary/aromatic N) is 2. The minimum Gasteiger partial charge on any atom is -0.493 e. The van der Waals surface area contributed by atoms with Crippen LogP contribution in [0.15, 0.2) is 30.3 Å². The Morgan fingerprint density at radius 3 is 2.29 bits per heavy atom. The van der Waals surface area contributed by atoms with Gasteiger partial charge in [-0.25, -0.2) is 9.97 Å². The van der Waals surface area contributed by atoms with Crippen LogP contribution in [-0.2, 0) is 0 Å². The molecule has 0 saturated carbocycles. The van der Waals surface area contributed by atoms with Crippen molar-refractivity contribution in [1.82, 2.24) is 9.97 Å². The van der Waals surface area contributed by atoms with Crippen molar-refractivity contribution in [2.24, 2.45) is 0 Å². The highest BCUT2D eigenvalue weighted by atomic mass is 16.5. The van der Waals surface area contributed by atoms with E-state index in [1.165, 1.54) is 32.4 Å². The summed E-state index contributed by atoms with van der Waals surface area (Å²) in [5, 5.41) is 4.48. The van der Waals surface area contributed by atoms with Crippen molar-refractivity contribution in [1.29, 1.82) is 0 Å².